The minimum Gasteiger partial charge on any atom is -0.489 e. The average molecular weight is 291 g/mol. The smallest absolute Gasteiger partial charge is 0.144 e. The lowest BCUT2D eigenvalue weighted by Gasteiger charge is -2.29. The summed E-state index contributed by atoms with van der Waals surface area (Å²) in [5, 5.41) is 3.47. The van der Waals surface area contributed by atoms with Crippen LogP contribution in [0, 0.1) is 5.92 Å². The molecule has 0 saturated carbocycles. The number of hydrogen-bond acceptors (Lipinski definition) is 4. The molecule has 1 aliphatic heterocycles. The summed E-state index contributed by atoms with van der Waals surface area (Å²) >= 11 is 0. The summed E-state index contributed by atoms with van der Waals surface area (Å²) < 4.78 is 5.72. The zero-order chi connectivity index (χ0) is 15.2. The van der Waals surface area contributed by atoms with E-state index in [9.17, 15) is 0 Å². The van der Waals surface area contributed by atoms with Gasteiger partial charge in [-0.1, -0.05) is 6.07 Å². The molecular formula is C17H29N3O. The first-order valence-electron chi connectivity index (χ1n) is 8.04. The van der Waals surface area contributed by atoms with E-state index < -0.39 is 0 Å². The van der Waals surface area contributed by atoms with Crippen molar-refractivity contribution in [2.24, 2.45) is 5.92 Å². The topological polar surface area (TPSA) is 50.5 Å². The van der Waals surface area contributed by atoms with Crippen LogP contribution < -0.4 is 15.8 Å². The van der Waals surface area contributed by atoms with E-state index >= 15 is 0 Å². The van der Waals surface area contributed by atoms with Gasteiger partial charge in [0, 0.05) is 6.54 Å². The Balaban J connectivity index is 1.83. The van der Waals surface area contributed by atoms with E-state index in [4.69, 9.17) is 10.5 Å². The number of para-hydroxylation sites is 1. The van der Waals surface area contributed by atoms with Crippen molar-refractivity contribution in [2.45, 2.75) is 39.2 Å². The summed E-state index contributed by atoms with van der Waals surface area (Å²) in [6, 6.07) is 5.95. The monoisotopic (exact) mass is 291 g/mol. The Hall–Kier alpha value is -1.42. The first-order valence-corrected chi connectivity index (χ1v) is 8.04. The van der Waals surface area contributed by atoms with Crippen LogP contribution in [-0.2, 0) is 0 Å². The van der Waals surface area contributed by atoms with Gasteiger partial charge in [0.25, 0.3) is 0 Å². The molecule has 0 spiro atoms. The lowest BCUT2D eigenvalue weighted by molar-refractivity contribution is 0.215. The summed E-state index contributed by atoms with van der Waals surface area (Å²) in [6.45, 7) is 7.46. The van der Waals surface area contributed by atoms with E-state index in [1.807, 2.05) is 32.0 Å². The number of nitrogen functional groups attached to an aromatic ring is 1. The number of likely N-dealkylation sites (tertiary alicyclic amines) is 1. The van der Waals surface area contributed by atoms with Gasteiger partial charge in [0.2, 0.25) is 0 Å². The molecule has 0 unspecified atom stereocenters. The fraction of sp³-hybridized carbons (Fsp3) is 0.647. The highest BCUT2D eigenvalue weighted by atomic mass is 16.5. The van der Waals surface area contributed by atoms with Crippen LogP contribution in [0.15, 0.2) is 18.2 Å². The Morgan fingerprint density at radius 3 is 2.71 bits per heavy atom. The highest BCUT2D eigenvalue weighted by Gasteiger charge is 2.16. The quantitative estimate of drug-likeness (QED) is 0.790. The second-order valence-electron chi connectivity index (χ2n) is 6.35. The van der Waals surface area contributed by atoms with Gasteiger partial charge < -0.3 is 20.7 Å². The van der Waals surface area contributed by atoms with Gasteiger partial charge in [-0.05, 0) is 71.3 Å². The molecule has 0 aliphatic carbocycles. The normalized spacial score (nSPS) is 17.1. The molecule has 0 atom stereocenters. The zero-order valence-electron chi connectivity index (χ0n) is 13.6. The number of benzene rings is 1. The van der Waals surface area contributed by atoms with Crippen molar-refractivity contribution < 1.29 is 4.74 Å². The summed E-state index contributed by atoms with van der Waals surface area (Å²) in [7, 11) is 2.20. The minimum absolute atomic E-state index is 0.141. The van der Waals surface area contributed by atoms with Crippen LogP contribution in [-0.4, -0.2) is 37.7 Å². The second-order valence-corrected chi connectivity index (χ2v) is 6.35. The first kappa shape index (κ1) is 16.0. The SMILES string of the molecule is CC(C)Oc1cccc(NCCC2CCN(C)CC2)c1N. The summed E-state index contributed by atoms with van der Waals surface area (Å²) in [5.41, 5.74) is 7.88. The van der Waals surface area contributed by atoms with Gasteiger partial charge in [-0.2, -0.15) is 0 Å². The Bertz CT molecular complexity index is 440. The molecular weight excluding hydrogens is 262 g/mol. The molecule has 0 radical (unpaired) electrons. The van der Waals surface area contributed by atoms with Crippen molar-refractivity contribution in [2.75, 3.05) is 37.7 Å². The third kappa shape index (κ3) is 4.81. The van der Waals surface area contributed by atoms with Crippen molar-refractivity contribution >= 4 is 11.4 Å². The van der Waals surface area contributed by atoms with Crippen molar-refractivity contribution in [1.82, 2.24) is 4.90 Å². The fourth-order valence-electron chi connectivity index (χ4n) is 2.82. The molecule has 1 aliphatic rings. The Labute approximate surface area is 128 Å². The van der Waals surface area contributed by atoms with E-state index in [-0.39, 0.29) is 6.10 Å². The third-order valence-corrected chi connectivity index (χ3v) is 4.13. The van der Waals surface area contributed by atoms with E-state index in [1.165, 1.54) is 32.4 Å². The number of nitrogens with two attached hydrogens (primary N) is 1. The maximum absolute atomic E-state index is 6.17. The molecule has 1 heterocycles. The molecule has 118 valence electrons. The molecule has 1 saturated heterocycles. The molecule has 0 amide bonds. The van der Waals surface area contributed by atoms with E-state index in [0.29, 0.717) is 0 Å². The van der Waals surface area contributed by atoms with Crippen molar-refractivity contribution in [3.05, 3.63) is 18.2 Å². The number of anilines is 2. The van der Waals surface area contributed by atoms with Gasteiger partial charge in [0.1, 0.15) is 5.75 Å². The van der Waals surface area contributed by atoms with Gasteiger partial charge >= 0.3 is 0 Å². The first-order chi connectivity index (χ1) is 10.1. The lowest BCUT2D eigenvalue weighted by Crippen LogP contribution is -2.30. The van der Waals surface area contributed by atoms with Crippen LogP contribution >= 0.6 is 0 Å². The molecule has 1 aromatic carbocycles. The van der Waals surface area contributed by atoms with E-state index in [2.05, 4.69) is 17.3 Å². The molecule has 3 N–H and O–H groups in total. The summed E-state index contributed by atoms with van der Waals surface area (Å²) in [4.78, 5) is 2.41. The predicted molar refractivity (Wildman–Crippen MR) is 89.9 cm³/mol. The maximum Gasteiger partial charge on any atom is 0.144 e. The predicted octanol–water partition coefficient (Wildman–Crippen LogP) is 3.20. The number of rotatable bonds is 6. The molecule has 0 bridgehead atoms. The largest absolute Gasteiger partial charge is 0.489 e. The van der Waals surface area contributed by atoms with Crippen LogP contribution in [0.3, 0.4) is 0 Å². The van der Waals surface area contributed by atoms with Crippen molar-refractivity contribution in [1.29, 1.82) is 0 Å². The Morgan fingerprint density at radius 2 is 2.05 bits per heavy atom. The number of ether oxygens (including phenoxy) is 1. The highest BCUT2D eigenvalue weighted by Crippen LogP contribution is 2.30. The maximum atomic E-state index is 6.17. The molecule has 1 aromatic rings. The zero-order valence-corrected chi connectivity index (χ0v) is 13.6. The highest BCUT2D eigenvalue weighted by molar-refractivity contribution is 5.72. The summed E-state index contributed by atoms with van der Waals surface area (Å²) in [5.74, 6) is 1.61. The van der Waals surface area contributed by atoms with Crippen LogP contribution in [0.5, 0.6) is 5.75 Å². The Kier molecular flexibility index (Phi) is 5.74. The van der Waals surface area contributed by atoms with Crippen LogP contribution in [0.1, 0.15) is 33.1 Å². The van der Waals surface area contributed by atoms with Crippen LogP contribution in [0.4, 0.5) is 11.4 Å². The number of hydrogen-bond donors (Lipinski definition) is 2. The van der Waals surface area contributed by atoms with E-state index in [1.54, 1.807) is 0 Å². The molecule has 1 fully saturated rings. The summed E-state index contributed by atoms with van der Waals surface area (Å²) in [6.07, 6.45) is 3.97. The van der Waals surface area contributed by atoms with Gasteiger partial charge in [-0.25, -0.2) is 0 Å². The number of nitrogens with one attached hydrogen (secondary N) is 1. The van der Waals surface area contributed by atoms with Gasteiger partial charge in [0.15, 0.2) is 0 Å². The third-order valence-electron chi connectivity index (χ3n) is 4.13. The molecule has 21 heavy (non-hydrogen) atoms. The fourth-order valence-corrected chi connectivity index (χ4v) is 2.82. The Morgan fingerprint density at radius 1 is 1.33 bits per heavy atom. The number of piperidine rings is 1. The second kappa shape index (κ2) is 7.55. The molecule has 4 heteroatoms. The standard InChI is InChI=1S/C17H29N3O/c1-13(2)21-16-6-4-5-15(17(16)18)19-10-7-14-8-11-20(3)12-9-14/h4-6,13-14,19H,7-12,18H2,1-3H3. The lowest BCUT2D eigenvalue weighted by atomic mass is 9.94. The molecule has 2 rings (SSSR count). The van der Waals surface area contributed by atoms with Gasteiger partial charge in [-0.15, -0.1) is 0 Å². The van der Waals surface area contributed by atoms with Crippen LogP contribution in [0.25, 0.3) is 0 Å². The van der Waals surface area contributed by atoms with Crippen LogP contribution in [0.2, 0.25) is 0 Å². The van der Waals surface area contributed by atoms with Gasteiger partial charge in [0.05, 0.1) is 17.5 Å². The average Bonchev–Trinajstić information content (AvgIpc) is 2.44. The van der Waals surface area contributed by atoms with Gasteiger partial charge in [-0.3, -0.25) is 0 Å². The number of nitrogens with zero attached hydrogens (tertiary/aromatic N) is 1. The molecule has 0 aromatic heterocycles. The van der Waals surface area contributed by atoms with Crippen molar-refractivity contribution in [3.63, 3.8) is 0 Å². The minimum atomic E-state index is 0.141. The van der Waals surface area contributed by atoms with Crippen molar-refractivity contribution in [3.8, 4) is 5.75 Å². The van der Waals surface area contributed by atoms with E-state index in [0.717, 1.165) is 29.6 Å². The molecule has 4 nitrogen and oxygen atoms in total.